The molecule has 0 aliphatic rings. The van der Waals surface area contributed by atoms with Crippen LogP contribution in [0.5, 0.6) is 0 Å². The van der Waals surface area contributed by atoms with Gasteiger partial charge in [0.25, 0.3) is 0 Å². The maximum Gasteiger partial charge on any atom is 0.224 e. The standard InChI is InChI=1S/C15H22ClNO2/c1-12(2)11-19-9-3-8-17-15(18)10-13-4-6-14(16)7-5-13/h4-7,12H,3,8-11H2,1-2H3,(H,17,18). The first-order chi connectivity index (χ1) is 9.08. The van der Waals surface area contributed by atoms with Gasteiger partial charge in [0.1, 0.15) is 0 Å². The second kappa shape index (κ2) is 8.94. The normalized spacial score (nSPS) is 10.7. The van der Waals surface area contributed by atoms with E-state index in [0.717, 1.165) is 18.6 Å². The number of halogens is 1. The Bertz CT molecular complexity index is 376. The molecule has 106 valence electrons. The minimum atomic E-state index is 0.0335. The molecule has 0 aliphatic carbocycles. The van der Waals surface area contributed by atoms with Crippen LogP contribution in [0.2, 0.25) is 5.02 Å². The summed E-state index contributed by atoms with van der Waals surface area (Å²) in [7, 11) is 0. The van der Waals surface area contributed by atoms with Crippen molar-refractivity contribution in [1.82, 2.24) is 5.32 Å². The first kappa shape index (κ1) is 16.0. The largest absolute Gasteiger partial charge is 0.381 e. The minimum absolute atomic E-state index is 0.0335. The van der Waals surface area contributed by atoms with E-state index in [1.807, 2.05) is 12.1 Å². The van der Waals surface area contributed by atoms with Crippen LogP contribution in [0.3, 0.4) is 0 Å². The molecule has 1 amide bonds. The van der Waals surface area contributed by atoms with E-state index in [-0.39, 0.29) is 5.91 Å². The molecule has 0 bridgehead atoms. The average Bonchev–Trinajstić information content (AvgIpc) is 2.36. The highest BCUT2D eigenvalue weighted by molar-refractivity contribution is 6.30. The zero-order chi connectivity index (χ0) is 14.1. The molecule has 0 aliphatic heterocycles. The molecular formula is C15H22ClNO2. The second-order valence-corrected chi connectivity index (χ2v) is 5.41. The number of nitrogens with one attached hydrogen (secondary N) is 1. The van der Waals surface area contributed by atoms with Crippen molar-refractivity contribution in [3.8, 4) is 0 Å². The van der Waals surface area contributed by atoms with Gasteiger partial charge in [-0.2, -0.15) is 0 Å². The third-order valence-electron chi connectivity index (χ3n) is 2.52. The van der Waals surface area contributed by atoms with Crippen LogP contribution in [0, 0.1) is 5.92 Å². The Morgan fingerprint density at radius 2 is 2.00 bits per heavy atom. The monoisotopic (exact) mass is 283 g/mol. The summed E-state index contributed by atoms with van der Waals surface area (Å²) < 4.78 is 5.44. The van der Waals surface area contributed by atoms with Crippen LogP contribution in [0.25, 0.3) is 0 Å². The fourth-order valence-corrected chi connectivity index (χ4v) is 1.70. The lowest BCUT2D eigenvalue weighted by molar-refractivity contribution is -0.120. The summed E-state index contributed by atoms with van der Waals surface area (Å²) in [6.45, 7) is 6.37. The summed E-state index contributed by atoms with van der Waals surface area (Å²) in [6, 6.07) is 7.33. The van der Waals surface area contributed by atoms with Crippen molar-refractivity contribution in [3.05, 3.63) is 34.9 Å². The Morgan fingerprint density at radius 1 is 1.32 bits per heavy atom. The highest BCUT2D eigenvalue weighted by Crippen LogP contribution is 2.09. The number of amides is 1. The number of ether oxygens (including phenoxy) is 1. The molecule has 0 spiro atoms. The van der Waals surface area contributed by atoms with E-state index < -0.39 is 0 Å². The molecule has 0 fully saturated rings. The number of rotatable bonds is 8. The average molecular weight is 284 g/mol. The minimum Gasteiger partial charge on any atom is -0.381 e. The Hall–Kier alpha value is -1.06. The van der Waals surface area contributed by atoms with Gasteiger partial charge in [-0.15, -0.1) is 0 Å². The predicted molar refractivity (Wildman–Crippen MR) is 78.4 cm³/mol. The summed E-state index contributed by atoms with van der Waals surface area (Å²) in [5, 5.41) is 3.57. The maximum absolute atomic E-state index is 11.7. The van der Waals surface area contributed by atoms with Crippen LogP contribution < -0.4 is 5.32 Å². The van der Waals surface area contributed by atoms with Crippen LogP contribution in [0.1, 0.15) is 25.8 Å². The molecule has 0 heterocycles. The lowest BCUT2D eigenvalue weighted by Crippen LogP contribution is -2.26. The molecule has 0 unspecified atom stereocenters. The van der Waals surface area contributed by atoms with E-state index in [2.05, 4.69) is 19.2 Å². The quantitative estimate of drug-likeness (QED) is 0.745. The summed E-state index contributed by atoms with van der Waals surface area (Å²) in [5.74, 6) is 0.589. The van der Waals surface area contributed by atoms with Crippen molar-refractivity contribution in [2.24, 2.45) is 5.92 Å². The van der Waals surface area contributed by atoms with E-state index in [1.165, 1.54) is 0 Å². The Balaban J connectivity index is 2.09. The van der Waals surface area contributed by atoms with E-state index in [0.29, 0.717) is 30.5 Å². The zero-order valence-electron chi connectivity index (χ0n) is 11.6. The summed E-state index contributed by atoms with van der Waals surface area (Å²) in [5.41, 5.74) is 0.970. The van der Waals surface area contributed by atoms with E-state index in [1.54, 1.807) is 12.1 Å². The molecular weight excluding hydrogens is 262 g/mol. The summed E-state index contributed by atoms with van der Waals surface area (Å²) >= 11 is 5.79. The summed E-state index contributed by atoms with van der Waals surface area (Å²) in [6.07, 6.45) is 1.24. The van der Waals surface area contributed by atoms with Gasteiger partial charge in [0, 0.05) is 24.8 Å². The van der Waals surface area contributed by atoms with Crippen molar-refractivity contribution in [1.29, 1.82) is 0 Å². The van der Waals surface area contributed by atoms with Crippen LogP contribution >= 0.6 is 11.6 Å². The maximum atomic E-state index is 11.7. The molecule has 3 nitrogen and oxygen atoms in total. The third-order valence-corrected chi connectivity index (χ3v) is 2.77. The van der Waals surface area contributed by atoms with E-state index in [4.69, 9.17) is 16.3 Å². The van der Waals surface area contributed by atoms with Gasteiger partial charge in [-0.3, -0.25) is 4.79 Å². The number of hydrogen-bond acceptors (Lipinski definition) is 2. The number of carbonyl (C=O) groups excluding carboxylic acids is 1. The highest BCUT2D eigenvalue weighted by Gasteiger charge is 2.02. The Kier molecular flexibility index (Phi) is 7.53. The van der Waals surface area contributed by atoms with Gasteiger partial charge in [-0.25, -0.2) is 0 Å². The Morgan fingerprint density at radius 3 is 2.63 bits per heavy atom. The second-order valence-electron chi connectivity index (χ2n) is 4.98. The molecule has 19 heavy (non-hydrogen) atoms. The summed E-state index contributed by atoms with van der Waals surface area (Å²) in [4.78, 5) is 11.7. The fraction of sp³-hybridized carbons (Fsp3) is 0.533. The molecule has 1 rings (SSSR count). The van der Waals surface area contributed by atoms with E-state index >= 15 is 0 Å². The van der Waals surface area contributed by atoms with Crippen molar-refractivity contribution in [3.63, 3.8) is 0 Å². The third kappa shape index (κ3) is 7.85. The molecule has 1 aromatic carbocycles. The Labute approximate surface area is 120 Å². The van der Waals surface area contributed by atoms with Crippen LogP contribution in [-0.4, -0.2) is 25.7 Å². The molecule has 0 saturated carbocycles. The van der Waals surface area contributed by atoms with Crippen molar-refractivity contribution >= 4 is 17.5 Å². The smallest absolute Gasteiger partial charge is 0.224 e. The van der Waals surface area contributed by atoms with Gasteiger partial charge in [0.2, 0.25) is 5.91 Å². The molecule has 1 N–H and O–H groups in total. The molecule has 0 radical (unpaired) electrons. The van der Waals surface area contributed by atoms with Gasteiger partial charge in [0.05, 0.1) is 6.42 Å². The van der Waals surface area contributed by atoms with Gasteiger partial charge in [0.15, 0.2) is 0 Å². The lowest BCUT2D eigenvalue weighted by atomic mass is 10.1. The highest BCUT2D eigenvalue weighted by atomic mass is 35.5. The van der Waals surface area contributed by atoms with Crippen molar-refractivity contribution in [2.45, 2.75) is 26.7 Å². The first-order valence-corrected chi connectivity index (χ1v) is 7.04. The van der Waals surface area contributed by atoms with Gasteiger partial charge < -0.3 is 10.1 Å². The van der Waals surface area contributed by atoms with Crippen LogP contribution in [0.15, 0.2) is 24.3 Å². The number of hydrogen-bond donors (Lipinski definition) is 1. The zero-order valence-corrected chi connectivity index (χ0v) is 12.4. The molecule has 4 heteroatoms. The molecule has 0 aromatic heterocycles. The van der Waals surface area contributed by atoms with Crippen LogP contribution in [0.4, 0.5) is 0 Å². The molecule has 0 atom stereocenters. The topological polar surface area (TPSA) is 38.3 Å². The lowest BCUT2D eigenvalue weighted by Gasteiger charge is -2.08. The van der Waals surface area contributed by atoms with Gasteiger partial charge in [-0.1, -0.05) is 37.6 Å². The number of carbonyl (C=O) groups is 1. The molecule has 1 aromatic rings. The first-order valence-electron chi connectivity index (χ1n) is 6.67. The van der Waals surface area contributed by atoms with E-state index in [9.17, 15) is 4.79 Å². The van der Waals surface area contributed by atoms with Crippen molar-refractivity contribution < 1.29 is 9.53 Å². The van der Waals surface area contributed by atoms with Gasteiger partial charge >= 0.3 is 0 Å². The van der Waals surface area contributed by atoms with Gasteiger partial charge in [-0.05, 0) is 30.0 Å². The number of benzene rings is 1. The predicted octanol–water partition coefficient (Wildman–Crippen LogP) is 3.06. The molecule has 0 saturated heterocycles. The fourth-order valence-electron chi connectivity index (χ4n) is 1.57. The SMILES string of the molecule is CC(C)COCCCNC(=O)Cc1ccc(Cl)cc1. The van der Waals surface area contributed by atoms with Crippen molar-refractivity contribution in [2.75, 3.05) is 19.8 Å². The van der Waals surface area contributed by atoms with Crippen LogP contribution in [-0.2, 0) is 16.0 Å².